The van der Waals surface area contributed by atoms with E-state index in [1.54, 1.807) is 0 Å². The molecule has 0 aromatic rings. The van der Waals surface area contributed by atoms with Gasteiger partial charge in [0.05, 0.1) is 0 Å². The third kappa shape index (κ3) is 24500. The summed E-state index contributed by atoms with van der Waals surface area (Å²) < 4.78 is 39.6. The third-order valence-electron chi connectivity index (χ3n) is 0. The largest absolute Gasteiger partial charge is 0.221 e. The van der Waals surface area contributed by atoms with Crippen LogP contribution in [0.3, 0.4) is 0 Å². The van der Waals surface area contributed by atoms with Crippen molar-refractivity contribution in [2.75, 3.05) is 0 Å². The van der Waals surface area contributed by atoms with Crippen molar-refractivity contribution in [3.05, 3.63) is 0 Å². The first kappa shape index (κ1) is 18.9. The topological polar surface area (TPSA) is 205 Å². The van der Waals surface area contributed by atoms with Crippen LogP contribution in [0.1, 0.15) is 0 Å². The van der Waals surface area contributed by atoms with Crippen molar-refractivity contribution in [1.82, 2.24) is 0 Å². The van der Waals surface area contributed by atoms with E-state index in [0.717, 1.165) is 0 Å². The summed E-state index contributed by atoms with van der Waals surface area (Å²) in [6, 6.07) is 0. The number of phosphoric acid groups is 1. The minimum atomic E-state index is -5.12. The maximum atomic E-state index is 8.94. The van der Waals surface area contributed by atoms with Gasteiger partial charge in [-0.1, -0.05) is 5.04 Å². The second-order valence-electron chi connectivity index (χ2n) is 1.11. The number of hydrogen-bond donors (Lipinski definition) is 8. The summed E-state index contributed by atoms with van der Waals surface area (Å²) >= 11 is -5.12. The van der Waals surface area contributed by atoms with Gasteiger partial charge in [-0.15, -0.1) is 0 Å². The summed E-state index contributed by atoms with van der Waals surface area (Å²) in [4.78, 5) is 21.6. The molecule has 0 unspecified atom stereocenters. The van der Waals surface area contributed by atoms with Gasteiger partial charge in [-0.2, -0.15) is 0 Å². The SMILES string of the molecule is O=P(O)(O)O.O=[As](O)(O)O.OOO. The summed E-state index contributed by atoms with van der Waals surface area (Å²) in [6.45, 7) is 0. The van der Waals surface area contributed by atoms with E-state index in [0.29, 0.717) is 0 Å². The smallest absolute Gasteiger partial charge is 0.0737 e. The van der Waals surface area contributed by atoms with Crippen LogP contribution >= 0.6 is 7.82 Å². The van der Waals surface area contributed by atoms with Crippen molar-refractivity contribution >= 4 is 22.3 Å². The van der Waals surface area contributed by atoms with Crippen molar-refractivity contribution in [2.45, 2.75) is 0 Å². The van der Waals surface area contributed by atoms with E-state index in [4.69, 9.17) is 45.8 Å². The number of hydrogen-bond acceptors (Lipinski definition) is 5. The molecule has 0 aliphatic rings. The third-order valence-corrected chi connectivity index (χ3v) is 0. The van der Waals surface area contributed by atoms with Crippen molar-refractivity contribution in [1.29, 1.82) is 0 Å². The first-order chi connectivity index (χ1) is 5.41. The summed E-state index contributed by atoms with van der Waals surface area (Å²) in [6.07, 6.45) is 0. The van der Waals surface area contributed by atoms with Crippen LogP contribution in [0.2, 0.25) is 0 Å². The second kappa shape index (κ2) is 8.81. The van der Waals surface area contributed by atoms with Crippen molar-refractivity contribution in [3.8, 4) is 0 Å². The van der Waals surface area contributed by atoms with Crippen LogP contribution in [-0.2, 0) is 13.3 Å². The Morgan fingerprint density at radius 3 is 1.00 bits per heavy atom. The molecule has 84 valence electrons. The Bertz CT molecular complexity index is 134. The predicted molar refractivity (Wildman–Crippen MR) is 33.7 cm³/mol. The van der Waals surface area contributed by atoms with Crippen LogP contribution in [0.4, 0.5) is 0 Å². The molecule has 0 atom stereocenters. The monoisotopic (exact) mass is 290 g/mol. The Morgan fingerprint density at radius 2 is 1.00 bits per heavy atom. The molecule has 0 heterocycles. The first-order valence-corrected chi connectivity index (χ1v) is 6.78. The molecule has 0 amide bonds. The fraction of sp³-hybridized carbons (Fsp3) is 0. The summed E-state index contributed by atoms with van der Waals surface area (Å²) in [7, 11) is -4.64. The van der Waals surface area contributed by atoms with Gasteiger partial charge in [-0.25, -0.2) is 15.1 Å². The maximum Gasteiger partial charge on any atom is -0.0737 e. The Hall–Kier alpha value is 0.228. The van der Waals surface area contributed by atoms with E-state index in [-0.39, 0.29) is 0 Å². The molecule has 11 nitrogen and oxygen atoms in total. The summed E-state index contributed by atoms with van der Waals surface area (Å²) in [5.41, 5.74) is 0. The van der Waals surface area contributed by atoms with E-state index in [2.05, 4.69) is 5.04 Å². The molecule has 8 N–H and O–H groups in total. The van der Waals surface area contributed by atoms with Crippen LogP contribution in [0.15, 0.2) is 0 Å². The standard InChI is InChI=1S/AsH3O4.H3O4P.H2O3/c2-1(3,4)5;1-5(2,3)4;1-3-2/h(H3,2,3,4,5);(H3,1,2,3,4);1-2H. The van der Waals surface area contributed by atoms with Gasteiger partial charge >= 0.3 is 38.4 Å². The number of rotatable bonds is 0. The van der Waals surface area contributed by atoms with E-state index >= 15 is 0 Å². The van der Waals surface area contributed by atoms with Gasteiger partial charge in [0.1, 0.15) is 0 Å². The van der Waals surface area contributed by atoms with Crippen LogP contribution in [-0.4, -0.2) is 52.0 Å². The molecule has 0 aromatic carbocycles. The average molecular weight is 290 g/mol. The van der Waals surface area contributed by atoms with Crippen molar-refractivity contribution in [2.24, 2.45) is 0 Å². The van der Waals surface area contributed by atoms with Crippen molar-refractivity contribution < 1.29 is 50.8 Å². The predicted octanol–water partition coefficient (Wildman–Crippen LogP) is -3.15. The molecule has 13 heavy (non-hydrogen) atoms. The van der Waals surface area contributed by atoms with Gasteiger partial charge in [0.2, 0.25) is 0 Å². The molecule has 13 heteroatoms. The zero-order chi connectivity index (χ0) is 11.7. The minimum absolute atomic E-state index is 2.25. The Kier molecular flexibility index (Phi) is 12.8. The molecule has 0 rings (SSSR count). The van der Waals surface area contributed by atoms with E-state index in [1.165, 1.54) is 0 Å². The molecule has 0 saturated carbocycles. The van der Waals surface area contributed by atoms with Crippen LogP contribution in [0.25, 0.3) is 0 Å². The van der Waals surface area contributed by atoms with E-state index in [1.807, 2.05) is 0 Å². The molecule has 0 aromatic heterocycles. The molecule has 0 aliphatic heterocycles. The molecule has 0 fully saturated rings. The van der Waals surface area contributed by atoms with E-state index in [9.17, 15) is 0 Å². The first-order valence-electron chi connectivity index (χ1n) is 1.93. The zero-order valence-electron chi connectivity index (χ0n) is 5.70. The van der Waals surface area contributed by atoms with Gasteiger partial charge < -0.3 is 14.7 Å². The average Bonchev–Trinajstić information content (AvgIpc) is 1.52. The van der Waals surface area contributed by atoms with E-state index < -0.39 is 22.3 Å². The minimum Gasteiger partial charge on any atom is -0.221 e. The fourth-order valence-corrected chi connectivity index (χ4v) is 0. The van der Waals surface area contributed by atoms with Gasteiger partial charge in [0, 0.05) is 0 Å². The van der Waals surface area contributed by atoms with Crippen LogP contribution < -0.4 is 0 Å². The quantitative estimate of drug-likeness (QED) is 0.0966. The maximum absolute atomic E-state index is 8.94. The summed E-state index contributed by atoms with van der Waals surface area (Å²) in [5.74, 6) is 0. The molecular weight excluding hydrogens is 282 g/mol. The molecular formula is H8AsO11P. The summed E-state index contributed by atoms with van der Waals surface area (Å²) in [5, 5.41) is 15.5. The Balaban J connectivity index is -0.000000120. The second-order valence-corrected chi connectivity index (χ2v) is 4.29. The molecule has 0 saturated heterocycles. The molecule has 0 bridgehead atoms. The van der Waals surface area contributed by atoms with Gasteiger partial charge in [0.15, 0.2) is 0 Å². The van der Waals surface area contributed by atoms with Crippen LogP contribution in [0.5, 0.6) is 0 Å². The van der Waals surface area contributed by atoms with Crippen molar-refractivity contribution in [3.63, 3.8) is 0 Å². The molecule has 0 radical (unpaired) electrons. The fourth-order valence-electron chi connectivity index (χ4n) is 0. The zero-order valence-corrected chi connectivity index (χ0v) is 8.47. The van der Waals surface area contributed by atoms with Gasteiger partial charge in [-0.05, 0) is 0 Å². The molecule has 0 spiro atoms. The van der Waals surface area contributed by atoms with Gasteiger partial charge in [-0.3, -0.25) is 0 Å². The van der Waals surface area contributed by atoms with Crippen LogP contribution in [0, 0.1) is 0 Å². The van der Waals surface area contributed by atoms with Gasteiger partial charge in [0.25, 0.3) is 0 Å². The Morgan fingerprint density at radius 1 is 1.00 bits per heavy atom. The molecule has 0 aliphatic carbocycles. The Labute approximate surface area is 73.9 Å². The normalized spacial score (nSPS) is 10.5.